The molecule has 1 aliphatic carbocycles. The standard InChI is InChI=1S/C18H21NO2S/c20-22(21,18-12-5-2-6-13-18)19-17-11-7-10-16(14-17)15-8-3-1-4-9-15/h1-6,8-9,12-13,16-17,19H,7,10-11,14H2/t16-,17+/m0/s1. The maximum absolute atomic E-state index is 12.4. The van der Waals surface area contributed by atoms with Crippen molar-refractivity contribution < 1.29 is 8.42 Å². The van der Waals surface area contributed by atoms with Crippen molar-refractivity contribution in [2.45, 2.75) is 42.5 Å². The summed E-state index contributed by atoms with van der Waals surface area (Å²) in [6.45, 7) is 0. The minimum absolute atomic E-state index is 0.0177. The van der Waals surface area contributed by atoms with E-state index < -0.39 is 10.0 Å². The monoisotopic (exact) mass is 315 g/mol. The summed E-state index contributed by atoms with van der Waals surface area (Å²) in [5.74, 6) is 0.443. The van der Waals surface area contributed by atoms with Crippen molar-refractivity contribution in [3.63, 3.8) is 0 Å². The smallest absolute Gasteiger partial charge is 0.208 e. The molecular formula is C18H21NO2S. The van der Waals surface area contributed by atoms with E-state index in [-0.39, 0.29) is 6.04 Å². The third-order valence-electron chi connectivity index (χ3n) is 4.32. The summed E-state index contributed by atoms with van der Waals surface area (Å²) < 4.78 is 27.7. The lowest BCUT2D eigenvalue weighted by Crippen LogP contribution is -2.37. The first-order chi connectivity index (χ1) is 10.6. The second-order valence-electron chi connectivity index (χ2n) is 5.91. The van der Waals surface area contributed by atoms with E-state index in [1.165, 1.54) is 5.56 Å². The first kappa shape index (κ1) is 15.3. The molecule has 2 aromatic rings. The zero-order valence-corrected chi connectivity index (χ0v) is 13.3. The van der Waals surface area contributed by atoms with Crippen LogP contribution in [-0.4, -0.2) is 14.5 Å². The number of nitrogens with one attached hydrogen (secondary N) is 1. The molecule has 2 aromatic carbocycles. The summed E-state index contributed by atoms with van der Waals surface area (Å²) in [5, 5.41) is 0. The molecule has 0 aromatic heterocycles. The van der Waals surface area contributed by atoms with Gasteiger partial charge in [-0.3, -0.25) is 0 Å². The van der Waals surface area contributed by atoms with Crippen LogP contribution in [0, 0.1) is 0 Å². The highest BCUT2D eigenvalue weighted by Gasteiger charge is 2.27. The van der Waals surface area contributed by atoms with Crippen molar-refractivity contribution >= 4 is 10.0 Å². The number of hydrogen-bond donors (Lipinski definition) is 1. The molecule has 2 atom stereocenters. The summed E-state index contributed by atoms with van der Waals surface area (Å²) in [5.41, 5.74) is 1.31. The topological polar surface area (TPSA) is 46.2 Å². The predicted molar refractivity (Wildman–Crippen MR) is 88.2 cm³/mol. The predicted octanol–water partition coefficient (Wildman–Crippen LogP) is 3.69. The normalized spacial score (nSPS) is 22.4. The number of rotatable bonds is 4. The molecule has 1 N–H and O–H groups in total. The SMILES string of the molecule is O=S(=O)(N[C@@H]1CCC[C@H](c2ccccc2)C1)c1ccccc1. The summed E-state index contributed by atoms with van der Waals surface area (Å²) in [6.07, 6.45) is 3.97. The van der Waals surface area contributed by atoms with Crippen LogP contribution in [0.25, 0.3) is 0 Å². The number of hydrogen-bond acceptors (Lipinski definition) is 2. The maximum atomic E-state index is 12.4. The van der Waals surface area contributed by atoms with Crippen LogP contribution in [0.5, 0.6) is 0 Å². The third-order valence-corrected chi connectivity index (χ3v) is 5.86. The molecular weight excluding hydrogens is 294 g/mol. The van der Waals surface area contributed by atoms with Crippen molar-refractivity contribution in [2.75, 3.05) is 0 Å². The van der Waals surface area contributed by atoms with Gasteiger partial charge in [-0.05, 0) is 42.9 Å². The van der Waals surface area contributed by atoms with Crippen LogP contribution in [0.2, 0.25) is 0 Å². The number of sulfonamides is 1. The van der Waals surface area contributed by atoms with Gasteiger partial charge in [0, 0.05) is 6.04 Å². The van der Waals surface area contributed by atoms with E-state index in [9.17, 15) is 8.42 Å². The Morgan fingerprint density at radius 3 is 2.18 bits per heavy atom. The van der Waals surface area contributed by atoms with Gasteiger partial charge < -0.3 is 0 Å². The fraction of sp³-hybridized carbons (Fsp3) is 0.333. The minimum Gasteiger partial charge on any atom is -0.208 e. The molecule has 4 heteroatoms. The van der Waals surface area contributed by atoms with E-state index in [2.05, 4.69) is 16.9 Å². The molecule has 22 heavy (non-hydrogen) atoms. The van der Waals surface area contributed by atoms with Crippen LogP contribution in [0.3, 0.4) is 0 Å². The zero-order valence-electron chi connectivity index (χ0n) is 12.5. The molecule has 1 aliphatic rings. The Balaban J connectivity index is 1.71. The average Bonchev–Trinajstić information content (AvgIpc) is 2.56. The van der Waals surface area contributed by atoms with Crippen LogP contribution in [-0.2, 0) is 10.0 Å². The van der Waals surface area contributed by atoms with Gasteiger partial charge in [0.25, 0.3) is 0 Å². The van der Waals surface area contributed by atoms with Gasteiger partial charge in [-0.1, -0.05) is 55.0 Å². The maximum Gasteiger partial charge on any atom is 0.240 e. The van der Waals surface area contributed by atoms with E-state index in [0.29, 0.717) is 10.8 Å². The lowest BCUT2D eigenvalue weighted by Gasteiger charge is -2.30. The Labute approximate surface area is 132 Å². The zero-order chi connectivity index (χ0) is 15.4. The molecule has 0 heterocycles. The lowest BCUT2D eigenvalue weighted by atomic mass is 9.82. The fourth-order valence-corrected chi connectivity index (χ4v) is 4.52. The van der Waals surface area contributed by atoms with Gasteiger partial charge in [-0.15, -0.1) is 0 Å². The summed E-state index contributed by atoms with van der Waals surface area (Å²) >= 11 is 0. The molecule has 0 unspecified atom stereocenters. The van der Waals surface area contributed by atoms with E-state index in [1.807, 2.05) is 24.3 Å². The van der Waals surface area contributed by atoms with Gasteiger partial charge in [-0.25, -0.2) is 13.1 Å². The Kier molecular flexibility index (Phi) is 4.60. The van der Waals surface area contributed by atoms with Crippen LogP contribution in [0.1, 0.15) is 37.2 Å². The fourth-order valence-electron chi connectivity index (χ4n) is 3.21. The first-order valence-electron chi connectivity index (χ1n) is 7.77. The van der Waals surface area contributed by atoms with Crippen molar-refractivity contribution in [3.05, 3.63) is 66.2 Å². The second-order valence-corrected chi connectivity index (χ2v) is 7.62. The van der Waals surface area contributed by atoms with Crippen molar-refractivity contribution in [1.82, 2.24) is 4.72 Å². The molecule has 3 nitrogen and oxygen atoms in total. The molecule has 0 saturated heterocycles. The van der Waals surface area contributed by atoms with Crippen LogP contribution >= 0.6 is 0 Å². The molecule has 3 rings (SSSR count). The van der Waals surface area contributed by atoms with E-state index in [4.69, 9.17) is 0 Å². The Hall–Kier alpha value is -1.65. The summed E-state index contributed by atoms with van der Waals surface area (Å²) in [4.78, 5) is 0.344. The van der Waals surface area contributed by atoms with Gasteiger partial charge in [-0.2, -0.15) is 0 Å². The quantitative estimate of drug-likeness (QED) is 0.935. The van der Waals surface area contributed by atoms with E-state index >= 15 is 0 Å². The molecule has 0 bridgehead atoms. The van der Waals surface area contributed by atoms with Crippen LogP contribution in [0.4, 0.5) is 0 Å². The second kappa shape index (κ2) is 6.63. The highest BCUT2D eigenvalue weighted by molar-refractivity contribution is 7.89. The van der Waals surface area contributed by atoms with Gasteiger partial charge in [0.15, 0.2) is 0 Å². The first-order valence-corrected chi connectivity index (χ1v) is 9.26. The van der Waals surface area contributed by atoms with Gasteiger partial charge in [0.05, 0.1) is 4.90 Å². The van der Waals surface area contributed by atoms with Crippen LogP contribution in [0.15, 0.2) is 65.6 Å². The Bertz CT molecular complexity index is 698. The molecule has 1 fully saturated rings. The molecule has 0 radical (unpaired) electrons. The van der Waals surface area contributed by atoms with Gasteiger partial charge >= 0.3 is 0 Å². The number of benzene rings is 2. The minimum atomic E-state index is -3.42. The Morgan fingerprint density at radius 2 is 1.50 bits per heavy atom. The average molecular weight is 315 g/mol. The van der Waals surface area contributed by atoms with E-state index in [1.54, 1.807) is 24.3 Å². The van der Waals surface area contributed by atoms with E-state index in [0.717, 1.165) is 25.7 Å². The molecule has 0 aliphatic heterocycles. The lowest BCUT2D eigenvalue weighted by molar-refractivity contribution is 0.371. The van der Waals surface area contributed by atoms with Gasteiger partial charge in [0.2, 0.25) is 10.0 Å². The largest absolute Gasteiger partial charge is 0.240 e. The highest BCUT2D eigenvalue weighted by Crippen LogP contribution is 2.33. The Morgan fingerprint density at radius 1 is 0.864 bits per heavy atom. The molecule has 0 amide bonds. The summed E-state index contributed by atoms with van der Waals surface area (Å²) in [7, 11) is -3.42. The third kappa shape index (κ3) is 3.57. The molecule has 0 spiro atoms. The molecule has 116 valence electrons. The molecule has 1 saturated carbocycles. The van der Waals surface area contributed by atoms with Crippen LogP contribution < -0.4 is 4.72 Å². The summed E-state index contributed by atoms with van der Waals surface area (Å²) in [6, 6.07) is 19.0. The van der Waals surface area contributed by atoms with Crippen molar-refractivity contribution in [1.29, 1.82) is 0 Å². The van der Waals surface area contributed by atoms with Crippen molar-refractivity contribution in [2.24, 2.45) is 0 Å². The van der Waals surface area contributed by atoms with Crippen molar-refractivity contribution in [3.8, 4) is 0 Å². The van der Waals surface area contributed by atoms with Gasteiger partial charge in [0.1, 0.15) is 0 Å². The highest BCUT2D eigenvalue weighted by atomic mass is 32.2.